The standard InChI is InChI=1S/C22H22N2O5/c1-15-6-2-3-7-16(15)10-12-23-19(25)14-29-20(26)11-13-24-21(27)17-8-4-5-9-18(17)22(24)28/h2-9H,10-14H2,1H3,(H,23,25). The van der Waals surface area contributed by atoms with Crippen molar-refractivity contribution in [2.24, 2.45) is 0 Å². The van der Waals surface area contributed by atoms with Gasteiger partial charge >= 0.3 is 5.97 Å². The first kappa shape index (κ1) is 20.3. The van der Waals surface area contributed by atoms with E-state index >= 15 is 0 Å². The Morgan fingerprint density at radius 3 is 2.24 bits per heavy atom. The molecular weight excluding hydrogens is 372 g/mol. The minimum absolute atomic E-state index is 0.0833. The number of hydrogen-bond acceptors (Lipinski definition) is 5. The van der Waals surface area contributed by atoms with Crippen LogP contribution in [0.25, 0.3) is 0 Å². The van der Waals surface area contributed by atoms with Gasteiger partial charge in [0.1, 0.15) is 0 Å². The van der Waals surface area contributed by atoms with Gasteiger partial charge in [-0.1, -0.05) is 36.4 Å². The van der Waals surface area contributed by atoms with Crippen LogP contribution in [0.2, 0.25) is 0 Å². The lowest BCUT2D eigenvalue weighted by Crippen LogP contribution is -2.33. The number of ether oxygens (including phenoxy) is 1. The molecule has 2 aromatic carbocycles. The molecule has 1 aliphatic heterocycles. The van der Waals surface area contributed by atoms with Gasteiger partial charge in [-0.3, -0.25) is 24.1 Å². The number of benzene rings is 2. The molecule has 0 aromatic heterocycles. The number of nitrogens with one attached hydrogen (secondary N) is 1. The van der Waals surface area contributed by atoms with Gasteiger partial charge in [-0.25, -0.2) is 0 Å². The maximum Gasteiger partial charge on any atom is 0.308 e. The predicted octanol–water partition coefficient (Wildman–Crippen LogP) is 1.88. The molecule has 1 aliphatic rings. The Labute approximate surface area is 168 Å². The van der Waals surface area contributed by atoms with Gasteiger partial charge in [0.15, 0.2) is 6.61 Å². The smallest absolute Gasteiger partial charge is 0.308 e. The zero-order chi connectivity index (χ0) is 20.8. The summed E-state index contributed by atoms with van der Waals surface area (Å²) < 4.78 is 4.94. The van der Waals surface area contributed by atoms with Gasteiger partial charge in [-0.05, 0) is 36.6 Å². The molecule has 0 radical (unpaired) electrons. The molecule has 0 saturated heterocycles. The summed E-state index contributed by atoms with van der Waals surface area (Å²) in [6.45, 7) is 1.97. The number of hydrogen-bond donors (Lipinski definition) is 1. The first-order valence-electron chi connectivity index (χ1n) is 9.39. The van der Waals surface area contributed by atoms with Crippen molar-refractivity contribution in [3.05, 3.63) is 70.8 Å². The average Bonchev–Trinajstić information content (AvgIpc) is 2.97. The maximum atomic E-state index is 12.2. The first-order chi connectivity index (χ1) is 14.0. The van der Waals surface area contributed by atoms with Crippen LogP contribution in [0.5, 0.6) is 0 Å². The summed E-state index contributed by atoms with van der Waals surface area (Å²) in [6.07, 6.45) is 0.522. The molecule has 0 unspecified atom stereocenters. The van der Waals surface area contributed by atoms with Gasteiger partial charge in [-0.15, -0.1) is 0 Å². The summed E-state index contributed by atoms with van der Waals surface area (Å²) in [5, 5.41) is 2.70. The molecule has 0 spiro atoms. The van der Waals surface area contributed by atoms with Gasteiger partial charge in [0.05, 0.1) is 17.5 Å². The highest BCUT2D eigenvalue weighted by Gasteiger charge is 2.35. The SMILES string of the molecule is Cc1ccccc1CCNC(=O)COC(=O)CCN1C(=O)c2ccccc2C1=O. The Bertz CT molecular complexity index is 919. The second-order valence-corrected chi connectivity index (χ2v) is 6.74. The Balaban J connectivity index is 1.37. The van der Waals surface area contributed by atoms with Gasteiger partial charge in [0.25, 0.3) is 17.7 Å². The molecule has 0 aliphatic carbocycles. The van der Waals surface area contributed by atoms with Crippen LogP contribution >= 0.6 is 0 Å². The molecule has 1 N–H and O–H groups in total. The van der Waals surface area contributed by atoms with Crippen LogP contribution in [-0.4, -0.2) is 48.3 Å². The maximum absolute atomic E-state index is 12.2. The summed E-state index contributed by atoms with van der Waals surface area (Å²) in [5.74, 6) is -1.89. The van der Waals surface area contributed by atoms with Gasteiger partial charge < -0.3 is 10.1 Å². The number of esters is 1. The molecule has 0 saturated carbocycles. The predicted molar refractivity (Wildman–Crippen MR) is 105 cm³/mol. The van der Waals surface area contributed by atoms with Gasteiger partial charge in [0.2, 0.25) is 0 Å². The van der Waals surface area contributed by atoms with E-state index in [1.165, 1.54) is 0 Å². The van der Waals surface area contributed by atoms with Crippen LogP contribution in [0.4, 0.5) is 0 Å². The molecule has 7 heteroatoms. The summed E-state index contributed by atoms with van der Waals surface area (Å²) >= 11 is 0. The van der Waals surface area contributed by atoms with Crippen LogP contribution < -0.4 is 5.32 Å². The molecule has 3 amide bonds. The van der Waals surface area contributed by atoms with Crippen LogP contribution in [0, 0.1) is 6.92 Å². The summed E-state index contributed by atoms with van der Waals surface area (Å²) in [5.41, 5.74) is 2.96. The third-order valence-corrected chi connectivity index (χ3v) is 4.76. The minimum Gasteiger partial charge on any atom is -0.456 e. The normalized spacial score (nSPS) is 12.7. The number of nitrogens with zero attached hydrogens (tertiary/aromatic N) is 1. The molecule has 0 bridgehead atoms. The Kier molecular flexibility index (Phi) is 6.39. The van der Waals surface area contributed by atoms with E-state index in [4.69, 9.17) is 4.74 Å². The van der Waals surface area contributed by atoms with Crippen LogP contribution in [0.3, 0.4) is 0 Å². The number of rotatable bonds is 8. The monoisotopic (exact) mass is 394 g/mol. The minimum atomic E-state index is -0.643. The molecule has 1 heterocycles. The lowest BCUT2D eigenvalue weighted by molar-refractivity contribution is -0.148. The highest BCUT2D eigenvalue weighted by atomic mass is 16.5. The Morgan fingerprint density at radius 2 is 1.59 bits per heavy atom. The lowest BCUT2D eigenvalue weighted by Gasteiger charge is -2.13. The number of aryl methyl sites for hydroxylation is 1. The van der Waals surface area contributed by atoms with Gasteiger partial charge in [0, 0.05) is 13.1 Å². The highest BCUT2D eigenvalue weighted by molar-refractivity contribution is 6.21. The number of fused-ring (bicyclic) bond motifs is 1. The zero-order valence-corrected chi connectivity index (χ0v) is 16.1. The van der Waals surface area contributed by atoms with Crippen LogP contribution in [0.15, 0.2) is 48.5 Å². The Morgan fingerprint density at radius 1 is 0.966 bits per heavy atom. The van der Waals surface area contributed by atoms with Crippen molar-refractivity contribution in [3.8, 4) is 0 Å². The second-order valence-electron chi connectivity index (χ2n) is 6.74. The molecule has 3 rings (SSSR count). The Hall–Kier alpha value is -3.48. The average molecular weight is 394 g/mol. The fraction of sp³-hybridized carbons (Fsp3) is 0.273. The van der Waals surface area contributed by atoms with E-state index in [9.17, 15) is 19.2 Å². The van der Waals surface area contributed by atoms with E-state index < -0.39 is 30.3 Å². The molecule has 150 valence electrons. The van der Waals surface area contributed by atoms with Crippen molar-refractivity contribution in [1.82, 2.24) is 10.2 Å². The van der Waals surface area contributed by atoms with Crippen molar-refractivity contribution in [1.29, 1.82) is 0 Å². The van der Waals surface area contributed by atoms with E-state index in [1.807, 2.05) is 31.2 Å². The lowest BCUT2D eigenvalue weighted by atomic mass is 10.1. The molecule has 0 atom stereocenters. The largest absolute Gasteiger partial charge is 0.456 e. The topological polar surface area (TPSA) is 92.8 Å². The molecule has 29 heavy (non-hydrogen) atoms. The van der Waals surface area contributed by atoms with E-state index in [-0.39, 0.29) is 13.0 Å². The number of imide groups is 1. The third-order valence-electron chi connectivity index (χ3n) is 4.76. The molecule has 0 fully saturated rings. The van der Waals surface area contributed by atoms with Gasteiger partial charge in [-0.2, -0.15) is 0 Å². The molecular formula is C22H22N2O5. The van der Waals surface area contributed by atoms with E-state index in [2.05, 4.69) is 5.32 Å². The van der Waals surface area contributed by atoms with E-state index in [1.54, 1.807) is 24.3 Å². The van der Waals surface area contributed by atoms with Crippen molar-refractivity contribution in [2.45, 2.75) is 19.8 Å². The van der Waals surface area contributed by atoms with Crippen molar-refractivity contribution >= 4 is 23.7 Å². The quantitative estimate of drug-likeness (QED) is 0.545. The fourth-order valence-electron chi connectivity index (χ4n) is 3.14. The molecule has 7 nitrogen and oxygen atoms in total. The summed E-state index contributed by atoms with van der Waals surface area (Å²) in [6, 6.07) is 14.4. The number of carbonyl (C=O) groups excluding carboxylic acids is 4. The summed E-state index contributed by atoms with van der Waals surface area (Å²) in [7, 11) is 0. The van der Waals surface area contributed by atoms with Crippen molar-refractivity contribution in [2.75, 3.05) is 19.7 Å². The van der Waals surface area contributed by atoms with Crippen molar-refractivity contribution < 1.29 is 23.9 Å². The third kappa shape index (κ3) is 4.87. The fourth-order valence-corrected chi connectivity index (χ4v) is 3.14. The van der Waals surface area contributed by atoms with Crippen LogP contribution in [0.1, 0.15) is 38.3 Å². The van der Waals surface area contributed by atoms with E-state index in [0.717, 1.165) is 16.0 Å². The number of amides is 3. The highest BCUT2D eigenvalue weighted by Crippen LogP contribution is 2.22. The van der Waals surface area contributed by atoms with Crippen molar-refractivity contribution in [3.63, 3.8) is 0 Å². The summed E-state index contributed by atoms with van der Waals surface area (Å²) in [4.78, 5) is 49.2. The molecule has 2 aromatic rings. The number of carbonyl (C=O) groups is 4. The van der Waals surface area contributed by atoms with E-state index in [0.29, 0.717) is 24.1 Å². The first-order valence-corrected chi connectivity index (χ1v) is 9.39. The van der Waals surface area contributed by atoms with Crippen LogP contribution in [-0.2, 0) is 20.7 Å². The zero-order valence-electron chi connectivity index (χ0n) is 16.1. The second kappa shape index (κ2) is 9.14.